The van der Waals surface area contributed by atoms with E-state index in [1.165, 1.54) is 0 Å². The summed E-state index contributed by atoms with van der Waals surface area (Å²) in [7, 11) is 0. The number of hydrogen-bond donors (Lipinski definition) is 2. The second kappa shape index (κ2) is 8.57. The molecule has 0 amide bonds. The molecule has 0 aliphatic carbocycles. The van der Waals surface area contributed by atoms with E-state index >= 15 is 0 Å². The monoisotopic (exact) mass is 376 g/mol. The molecule has 28 heavy (non-hydrogen) atoms. The van der Waals surface area contributed by atoms with Crippen molar-refractivity contribution in [2.75, 3.05) is 6.61 Å². The fourth-order valence-corrected chi connectivity index (χ4v) is 3.55. The highest BCUT2D eigenvalue weighted by Crippen LogP contribution is 2.34. The Bertz CT molecular complexity index is 951. The highest BCUT2D eigenvalue weighted by Gasteiger charge is 2.30. The summed E-state index contributed by atoms with van der Waals surface area (Å²) in [5.74, 6) is 0.723. The van der Waals surface area contributed by atoms with Crippen LogP contribution in [0.4, 0.5) is 0 Å². The maximum absolute atomic E-state index is 10.1. The summed E-state index contributed by atoms with van der Waals surface area (Å²) in [4.78, 5) is 0. The molecule has 4 rings (SSSR count). The van der Waals surface area contributed by atoms with Crippen molar-refractivity contribution in [3.63, 3.8) is 0 Å². The minimum atomic E-state index is -0.601. The number of hydrogen-bond acceptors (Lipinski definition) is 4. The summed E-state index contributed by atoms with van der Waals surface area (Å²) >= 11 is 0. The zero-order valence-electron chi connectivity index (χ0n) is 15.6. The fourth-order valence-electron chi connectivity index (χ4n) is 3.55. The van der Waals surface area contributed by atoms with Gasteiger partial charge in [0.1, 0.15) is 5.75 Å². The summed E-state index contributed by atoms with van der Waals surface area (Å²) in [6.45, 7) is -0.132. The van der Waals surface area contributed by atoms with Crippen molar-refractivity contribution >= 4 is 22.9 Å². The number of benzene rings is 3. The molecule has 3 aromatic carbocycles. The van der Waals surface area contributed by atoms with Crippen LogP contribution in [0.3, 0.4) is 0 Å². The molecule has 144 valence electrons. The molecule has 0 spiro atoms. The van der Waals surface area contributed by atoms with Crippen molar-refractivity contribution in [2.24, 2.45) is 0 Å². The van der Waals surface area contributed by atoms with Crippen LogP contribution in [0, 0.1) is 0 Å². The number of aliphatic hydroxyl groups is 2. The summed E-state index contributed by atoms with van der Waals surface area (Å²) in [6, 6.07) is 22.2. The van der Waals surface area contributed by atoms with Gasteiger partial charge in [0.2, 0.25) is 6.29 Å². The molecule has 3 unspecified atom stereocenters. The summed E-state index contributed by atoms with van der Waals surface area (Å²) in [5, 5.41) is 21.6. The van der Waals surface area contributed by atoms with Gasteiger partial charge in [-0.05, 0) is 10.9 Å². The first-order valence-electron chi connectivity index (χ1n) is 9.59. The minimum Gasteiger partial charge on any atom is -0.464 e. The molecule has 0 aromatic heterocycles. The summed E-state index contributed by atoms with van der Waals surface area (Å²) in [5.41, 5.74) is 2.04. The molecule has 3 atom stereocenters. The Balaban J connectivity index is 1.69. The lowest BCUT2D eigenvalue weighted by Gasteiger charge is -2.32. The minimum absolute atomic E-state index is 0.132. The van der Waals surface area contributed by atoms with E-state index in [1.54, 1.807) is 0 Å². The van der Waals surface area contributed by atoms with Gasteiger partial charge in [-0.2, -0.15) is 0 Å². The third-order valence-corrected chi connectivity index (χ3v) is 4.96. The molecule has 3 aromatic rings. The van der Waals surface area contributed by atoms with Crippen LogP contribution in [0.15, 0.2) is 66.7 Å². The predicted molar refractivity (Wildman–Crippen MR) is 111 cm³/mol. The van der Waals surface area contributed by atoms with Gasteiger partial charge in [0.15, 0.2) is 0 Å². The third-order valence-electron chi connectivity index (χ3n) is 4.96. The van der Waals surface area contributed by atoms with Crippen molar-refractivity contribution < 1.29 is 19.7 Å². The Morgan fingerprint density at radius 2 is 1.71 bits per heavy atom. The van der Waals surface area contributed by atoms with E-state index in [-0.39, 0.29) is 6.61 Å². The van der Waals surface area contributed by atoms with Crippen LogP contribution in [0.5, 0.6) is 5.75 Å². The van der Waals surface area contributed by atoms with Gasteiger partial charge >= 0.3 is 0 Å². The zero-order valence-corrected chi connectivity index (χ0v) is 15.6. The number of fused-ring (bicyclic) bond motifs is 1. The van der Waals surface area contributed by atoms with Crippen LogP contribution in [0.25, 0.3) is 22.9 Å². The molecule has 1 saturated heterocycles. The van der Waals surface area contributed by atoms with E-state index < -0.39 is 18.5 Å². The molecule has 4 heteroatoms. The number of rotatable bonds is 5. The smallest absolute Gasteiger partial charge is 0.202 e. The van der Waals surface area contributed by atoms with Crippen LogP contribution in [-0.2, 0) is 4.74 Å². The second-order valence-corrected chi connectivity index (χ2v) is 7.06. The maximum atomic E-state index is 10.1. The van der Waals surface area contributed by atoms with Gasteiger partial charge in [0.25, 0.3) is 0 Å². The molecule has 0 saturated carbocycles. The Morgan fingerprint density at radius 1 is 0.929 bits per heavy atom. The average Bonchev–Trinajstić information content (AvgIpc) is 2.73. The Kier molecular flexibility index (Phi) is 5.72. The molecule has 1 aliphatic heterocycles. The molecular formula is C24H24O4. The standard InChI is InChI=1S/C24H24O4/c25-16-21-14-20(26)15-23(27-21)28-24-19(11-10-17-6-2-1-3-7-17)13-12-18-8-4-5-9-22(18)24/h1-13,20-21,23,25-26H,14-16H2/b11-10+. The van der Waals surface area contributed by atoms with E-state index in [0.29, 0.717) is 12.8 Å². The SMILES string of the molecule is OCC1CC(O)CC(Oc2c(/C=C/c3ccccc3)ccc3ccccc23)O1. The highest BCUT2D eigenvalue weighted by molar-refractivity contribution is 5.93. The average molecular weight is 376 g/mol. The van der Waals surface area contributed by atoms with Gasteiger partial charge in [-0.3, -0.25) is 0 Å². The van der Waals surface area contributed by atoms with Crippen LogP contribution >= 0.6 is 0 Å². The van der Waals surface area contributed by atoms with Crippen LogP contribution in [0.2, 0.25) is 0 Å². The molecule has 0 radical (unpaired) electrons. The first-order chi connectivity index (χ1) is 13.7. The summed E-state index contributed by atoms with van der Waals surface area (Å²) < 4.78 is 12.1. The summed E-state index contributed by atoms with van der Waals surface area (Å²) in [6.07, 6.45) is 3.31. The quantitative estimate of drug-likeness (QED) is 0.654. The van der Waals surface area contributed by atoms with Gasteiger partial charge in [-0.1, -0.05) is 78.9 Å². The van der Waals surface area contributed by atoms with Gasteiger partial charge in [0, 0.05) is 23.8 Å². The van der Waals surface area contributed by atoms with Crippen molar-refractivity contribution in [3.8, 4) is 5.75 Å². The maximum Gasteiger partial charge on any atom is 0.202 e. The zero-order chi connectivity index (χ0) is 19.3. The lowest BCUT2D eigenvalue weighted by atomic mass is 10.0. The Labute approximate surface area is 164 Å². The van der Waals surface area contributed by atoms with Crippen molar-refractivity contribution in [1.29, 1.82) is 0 Å². The largest absolute Gasteiger partial charge is 0.464 e. The molecule has 1 aliphatic rings. The van der Waals surface area contributed by atoms with Crippen molar-refractivity contribution in [2.45, 2.75) is 31.3 Å². The van der Waals surface area contributed by atoms with Gasteiger partial charge in [-0.25, -0.2) is 0 Å². The van der Waals surface area contributed by atoms with Crippen molar-refractivity contribution in [3.05, 3.63) is 77.9 Å². The predicted octanol–water partition coefficient (Wildman–Crippen LogP) is 4.25. The number of ether oxygens (including phenoxy) is 2. The Morgan fingerprint density at radius 3 is 2.54 bits per heavy atom. The van der Waals surface area contributed by atoms with Gasteiger partial charge in [0.05, 0.1) is 18.8 Å². The van der Waals surface area contributed by atoms with E-state index in [0.717, 1.165) is 27.6 Å². The van der Waals surface area contributed by atoms with Gasteiger partial charge in [-0.15, -0.1) is 0 Å². The number of aliphatic hydroxyl groups excluding tert-OH is 2. The third kappa shape index (κ3) is 4.25. The molecular weight excluding hydrogens is 352 g/mol. The van der Waals surface area contributed by atoms with E-state index in [4.69, 9.17) is 9.47 Å². The second-order valence-electron chi connectivity index (χ2n) is 7.06. The van der Waals surface area contributed by atoms with E-state index in [9.17, 15) is 10.2 Å². The van der Waals surface area contributed by atoms with E-state index in [1.807, 2.05) is 72.8 Å². The van der Waals surface area contributed by atoms with Crippen LogP contribution < -0.4 is 4.74 Å². The lowest BCUT2D eigenvalue weighted by Crippen LogP contribution is -2.40. The Hall–Kier alpha value is -2.66. The first-order valence-corrected chi connectivity index (χ1v) is 9.59. The topological polar surface area (TPSA) is 58.9 Å². The first kappa shape index (κ1) is 18.7. The van der Waals surface area contributed by atoms with Crippen LogP contribution in [0.1, 0.15) is 24.0 Å². The highest BCUT2D eigenvalue weighted by atomic mass is 16.7. The molecule has 0 bridgehead atoms. The van der Waals surface area contributed by atoms with E-state index in [2.05, 4.69) is 6.07 Å². The molecule has 4 nitrogen and oxygen atoms in total. The van der Waals surface area contributed by atoms with Crippen molar-refractivity contribution in [1.82, 2.24) is 0 Å². The van der Waals surface area contributed by atoms with Gasteiger partial charge < -0.3 is 19.7 Å². The lowest BCUT2D eigenvalue weighted by molar-refractivity contribution is -0.184. The molecule has 2 N–H and O–H groups in total. The molecule has 1 fully saturated rings. The normalized spacial score (nSPS) is 22.6. The fraction of sp³-hybridized carbons (Fsp3) is 0.250. The molecule has 1 heterocycles. The van der Waals surface area contributed by atoms with Crippen LogP contribution in [-0.4, -0.2) is 35.3 Å².